The molecule has 10 nitrogen and oxygen atoms in total. The SMILES string of the molecule is CCCNC(=O)[C@H](CC)N(Cc1cccc(C)c1)C(=O)CN(c1cc(Cl)ccc1OC)S(=O)(=O)c1ccc(OC)c(OC)c1. The molecule has 0 heterocycles. The standard InChI is InChI=1S/C32H40ClN3O7S/c1-7-16-34-32(38)26(8-2)35(20-23-11-9-10-22(3)17-23)31(37)21-36(27-18-24(33)12-14-28(27)41-4)44(39,40)25-13-15-29(42-5)30(19-25)43-6/h9-15,17-19,26H,7-8,16,20-21H2,1-6H3,(H,34,38)/t26-/m0/s1. The summed E-state index contributed by atoms with van der Waals surface area (Å²) in [6.07, 6.45) is 1.04. The van der Waals surface area contributed by atoms with Crippen LogP contribution >= 0.6 is 11.6 Å². The molecule has 0 fully saturated rings. The van der Waals surface area contributed by atoms with E-state index in [1.165, 1.54) is 56.6 Å². The number of carbonyl (C=O) groups is 2. The van der Waals surface area contributed by atoms with Gasteiger partial charge in [-0.25, -0.2) is 8.42 Å². The predicted octanol–water partition coefficient (Wildman–Crippen LogP) is 5.20. The summed E-state index contributed by atoms with van der Waals surface area (Å²) in [7, 11) is -0.193. The molecule has 238 valence electrons. The number of ether oxygens (including phenoxy) is 3. The lowest BCUT2D eigenvalue weighted by molar-refractivity contribution is -0.140. The van der Waals surface area contributed by atoms with E-state index >= 15 is 0 Å². The van der Waals surface area contributed by atoms with E-state index in [1.807, 2.05) is 45.0 Å². The van der Waals surface area contributed by atoms with Crippen LogP contribution in [0.4, 0.5) is 5.69 Å². The fourth-order valence-electron chi connectivity index (χ4n) is 4.77. The van der Waals surface area contributed by atoms with E-state index in [0.29, 0.717) is 18.7 Å². The van der Waals surface area contributed by atoms with Crippen molar-refractivity contribution < 1.29 is 32.2 Å². The summed E-state index contributed by atoms with van der Waals surface area (Å²) in [6, 6.07) is 15.4. The third kappa shape index (κ3) is 8.15. The van der Waals surface area contributed by atoms with Crippen molar-refractivity contribution in [3.8, 4) is 17.2 Å². The summed E-state index contributed by atoms with van der Waals surface area (Å²) in [4.78, 5) is 28.9. The molecule has 0 spiro atoms. The van der Waals surface area contributed by atoms with E-state index in [9.17, 15) is 18.0 Å². The van der Waals surface area contributed by atoms with Crippen LogP contribution in [0.15, 0.2) is 65.6 Å². The van der Waals surface area contributed by atoms with Gasteiger partial charge in [-0.05, 0) is 55.7 Å². The molecule has 0 aliphatic rings. The number of sulfonamides is 1. The molecule has 0 aromatic heterocycles. The zero-order valence-corrected chi connectivity index (χ0v) is 27.5. The lowest BCUT2D eigenvalue weighted by Gasteiger charge is -2.33. The predicted molar refractivity (Wildman–Crippen MR) is 171 cm³/mol. The molecule has 1 atom stereocenters. The van der Waals surface area contributed by atoms with Gasteiger partial charge in [0.15, 0.2) is 11.5 Å². The zero-order chi connectivity index (χ0) is 32.4. The molecule has 44 heavy (non-hydrogen) atoms. The van der Waals surface area contributed by atoms with Crippen LogP contribution in [-0.2, 0) is 26.2 Å². The van der Waals surface area contributed by atoms with Crippen molar-refractivity contribution in [2.45, 2.75) is 51.1 Å². The highest BCUT2D eigenvalue weighted by molar-refractivity contribution is 7.92. The highest BCUT2D eigenvalue weighted by atomic mass is 35.5. The Morgan fingerprint density at radius 1 is 0.909 bits per heavy atom. The van der Waals surface area contributed by atoms with Crippen LogP contribution in [0.3, 0.4) is 0 Å². The number of halogens is 1. The molecule has 0 radical (unpaired) electrons. The topological polar surface area (TPSA) is 114 Å². The quantitative estimate of drug-likeness (QED) is 0.242. The van der Waals surface area contributed by atoms with Crippen molar-refractivity contribution in [2.24, 2.45) is 0 Å². The highest BCUT2D eigenvalue weighted by Crippen LogP contribution is 2.37. The first-order chi connectivity index (χ1) is 21.0. The first kappa shape index (κ1) is 34.5. The van der Waals surface area contributed by atoms with Crippen LogP contribution in [0.2, 0.25) is 5.02 Å². The second-order valence-corrected chi connectivity index (χ2v) is 12.4. The fraction of sp³-hybridized carbons (Fsp3) is 0.375. The molecule has 2 amide bonds. The monoisotopic (exact) mass is 645 g/mol. The third-order valence-corrected chi connectivity index (χ3v) is 8.99. The molecular formula is C32H40ClN3O7S. The molecule has 3 aromatic rings. The molecular weight excluding hydrogens is 606 g/mol. The average Bonchev–Trinajstić information content (AvgIpc) is 3.01. The van der Waals surface area contributed by atoms with E-state index in [0.717, 1.165) is 21.9 Å². The molecule has 0 saturated carbocycles. The summed E-state index contributed by atoms with van der Waals surface area (Å²) in [6.45, 7) is 5.58. The van der Waals surface area contributed by atoms with Crippen LogP contribution in [0.25, 0.3) is 0 Å². The van der Waals surface area contributed by atoms with Gasteiger partial charge in [-0.15, -0.1) is 0 Å². The number of methoxy groups -OCH3 is 3. The smallest absolute Gasteiger partial charge is 0.265 e. The maximum Gasteiger partial charge on any atom is 0.265 e. The second kappa shape index (κ2) is 15.7. The van der Waals surface area contributed by atoms with Gasteiger partial charge in [-0.3, -0.25) is 13.9 Å². The lowest BCUT2D eigenvalue weighted by Crippen LogP contribution is -2.52. The van der Waals surface area contributed by atoms with Gasteiger partial charge >= 0.3 is 0 Å². The first-order valence-electron chi connectivity index (χ1n) is 14.2. The summed E-state index contributed by atoms with van der Waals surface area (Å²) in [5, 5.41) is 3.12. The number of rotatable bonds is 15. The minimum atomic E-state index is -4.42. The molecule has 0 aliphatic carbocycles. The van der Waals surface area contributed by atoms with E-state index in [4.69, 9.17) is 25.8 Å². The Kier molecular flexibility index (Phi) is 12.3. The van der Waals surface area contributed by atoms with Gasteiger partial charge < -0.3 is 24.4 Å². The summed E-state index contributed by atoms with van der Waals surface area (Å²) in [5.74, 6) is -0.189. The molecule has 1 N–H and O–H groups in total. The van der Waals surface area contributed by atoms with Crippen molar-refractivity contribution in [1.29, 1.82) is 0 Å². The van der Waals surface area contributed by atoms with Crippen molar-refractivity contribution in [3.63, 3.8) is 0 Å². The Hall–Kier alpha value is -3.96. The molecule has 0 bridgehead atoms. The summed E-state index contributed by atoms with van der Waals surface area (Å²) in [5.41, 5.74) is 1.84. The molecule has 0 unspecified atom stereocenters. The van der Waals surface area contributed by atoms with Gasteiger partial charge in [0.1, 0.15) is 18.3 Å². The summed E-state index contributed by atoms with van der Waals surface area (Å²) < 4.78 is 45.7. The molecule has 3 aromatic carbocycles. The van der Waals surface area contributed by atoms with Gasteiger partial charge in [-0.2, -0.15) is 0 Å². The first-order valence-corrected chi connectivity index (χ1v) is 16.0. The van der Waals surface area contributed by atoms with E-state index in [-0.39, 0.29) is 39.6 Å². The minimum Gasteiger partial charge on any atom is -0.495 e. The fourth-order valence-corrected chi connectivity index (χ4v) is 6.37. The Morgan fingerprint density at radius 2 is 1.59 bits per heavy atom. The number of anilines is 1. The van der Waals surface area contributed by atoms with Crippen molar-refractivity contribution >= 4 is 39.1 Å². The van der Waals surface area contributed by atoms with Gasteiger partial charge in [0.2, 0.25) is 11.8 Å². The number of benzene rings is 3. The minimum absolute atomic E-state index is 0.0575. The van der Waals surface area contributed by atoms with Gasteiger partial charge in [0.05, 0.1) is 31.9 Å². The van der Waals surface area contributed by atoms with Gasteiger partial charge in [0.25, 0.3) is 10.0 Å². The van der Waals surface area contributed by atoms with Crippen LogP contribution in [-0.4, -0.2) is 65.6 Å². The van der Waals surface area contributed by atoms with Crippen molar-refractivity contribution in [1.82, 2.24) is 10.2 Å². The Morgan fingerprint density at radius 3 is 2.20 bits per heavy atom. The maximum atomic E-state index is 14.3. The van der Waals surface area contributed by atoms with Crippen molar-refractivity contribution in [3.05, 3.63) is 76.8 Å². The molecule has 0 aliphatic heterocycles. The Balaban J connectivity index is 2.17. The number of aryl methyl sites for hydroxylation is 1. The van der Waals surface area contributed by atoms with Gasteiger partial charge in [-0.1, -0.05) is 55.3 Å². The van der Waals surface area contributed by atoms with E-state index < -0.39 is 28.5 Å². The Labute approximate surface area is 264 Å². The second-order valence-electron chi connectivity index (χ2n) is 10.1. The number of nitrogens with one attached hydrogen (secondary N) is 1. The zero-order valence-electron chi connectivity index (χ0n) is 25.9. The molecule has 3 rings (SSSR count). The van der Waals surface area contributed by atoms with Gasteiger partial charge in [0, 0.05) is 24.2 Å². The average molecular weight is 646 g/mol. The largest absolute Gasteiger partial charge is 0.495 e. The van der Waals surface area contributed by atoms with Crippen LogP contribution in [0.5, 0.6) is 17.2 Å². The number of carbonyl (C=O) groups excluding carboxylic acids is 2. The van der Waals surface area contributed by atoms with Crippen LogP contribution in [0.1, 0.15) is 37.8 Å². The maximum absolute atomic E-state index is 14.3. The molecule has 0 saturated heterocycles. The normalized spacial score (nSPS) is 11.8. The number of amides is 2. The molecule has 12 heteroatoms. The number of hydrogen-bond donors (Lipinski definition) is 1. The van der Waals surface area contributed by atoms with Crippen LogP contribution < -0.4 is 23.8 Å². The lowest BCUT2D eigenvalue weighted by atomic mass is 10.1. The Bertz CT molecular complexity index is 1570. The van der Waals surface area contributed by atoms with E-state index in [2.05, 4.69) is 5.32 Å². The number of hydrogen-bond acceptors (Lipinski definition) is 7. The highest BCUT2D eigenvalue weighted by Gasteiger charge is 2.35. The third-order valence-electron chi connectivity index (χ3n) is 7.00. The van der Waals surface area contributed by atoms with E-state index in [1.54, 1.807) is 6.07 Å². The van der Waals surface area contributed by atoms with Crippen molar-refractivity contribution in [2.75, 3.05) is 38.7 Å². The number of nitrogens with zero attached hydrogens (tertiary/aromatic N) is 2. The van der Waals surface area contributed by atoms with Crippen LogP contribution in [0, 0.1) is 6.92 Å². The summed E-state index contributed by atoms with van der Waals surface area (Å²) >= 11 is 6.32.